The second-order valence-corrected chi connectivity index (χ2v) is 6.88. The van der Waals surface area contributed by atoms with E-state index in [4.69, 9.17) is 8.85 Å². The molecule has 0 aromatic heterocycles. The number of unbranched alkanes of at least 4 members (excludes halogenated alkanes) is 6. The van der Waals surface area contributed by atoms with Gasteiger partial charge in [0.25, 0.3) is 0 Å². The van der Waals surface area contributed by atoms with E-state index in [9.17, 15) is 0 Å². The van der Waals surface area contributed by atoms with E-state index in [1.165, 1.54) is 51.0 Å². The number of rotatable bonds is 13. The van der Waals surface area contributed by atoms with Crippen LogP contribution in [0.4, 0.5) is 0 Å². The molecule has 0 aliphatic heterocycles. The first-order valence-electron chi connectivity index (χ1n) is 7.19. The van der Waals surface area contributed by atoms with E-state index >= 15 is 0 Å². The van der Waals surface area contributed by atoms with Gasteiger partial charge in [-0.2, -0.15) is 12.6 Å². The van der Waals surface area contributed by atoms with Gasteiger partial charge in [0.2, 0.25) is 0 Å². The van der Waals surface area contributed by atoms with Gasteiger partial charge in [-0.1, -0.05) is 38.5 Å². The Morgan fingerprint density at radius 1 is 0.765 bits per heavy atom. The Labute approximate surface area is 115 Å². The molecular formula is C13H30O2SSi. The summed E-state index contributed by atoms with van der Waals surface area (Å²) in [4.78, 5) is 0. The highest BCUT2D eigenvalue weighted by molar-refractivity contribution is 7.80. The van der Waals surface area contributed by atoms with Gasteiger partial charge in [0.05, 0.1) is 0 Å². The van der Waals surface area contributed by atoms with E-state index in [-0.39, 0.29) is 0 Å². The van der Waals surface area contributed by atoms with Gasteiger partial charge in [0.1, 0.15) is 0 Å². The number of hydrogen-bond donors (Lipinski definition) is 1. The lowest BCUT2D eigenvalue weighted by Crippen LogP contribution is -2.22. The molecule has 0 aromatic rings. The van der Waals surface area contributed by atoms with Gasteiger partial charge in [-0.15, -0.1) is 0 Å². The van der Waals surface area contributed by atoms with Crippen molar-refractivity contribution >= 4 is 21.9 Å². The molecule has 0 aliphatic carbocycles. The summed E-state index contributed by atoms with van der Waals surface area (Å²) in [5.41, 5.74) is 0. The molecule has 0 bridgehead atoms. The van der Waals surface area contributed by atoms with Crippen LogP contribution >= 0.6 is 12.6 Å². The summed E-state index contributed by atoms with van der Waals surface area (Å²) in [6.07, 6.45) is 9.35. The Morgan fingerprint density at radius 3 is 1.71 bits per heavy atom. The van der Waals surface area contributed by atoms with Crippen molar-refractivity contribution < 1.29 is 8.85 Å². The lowest BCUT2D eigenvalue weighted by Gasteiger charge is -2.14. The van der Waals surface area contributed by atoms with Crippen LogP contribution in [-0.4, -0.2) is 28.3 Å². The molecule has 0 saturated heterocycles. The van der Waals surface area contributed by atoms with E-state index in [1.807, 2.05) is 0 Å². The molecular weight excluding hydrogens is 248 g/mol. The molecule has 104 valence electrons. The van der Waals surface area contributed by atoms with Gasteiger partial charge in [0, 0.05) is 13.2 Å². The van der Waals surface area contributed by atoms with Crippen molar-refractivity contribution in [2.24, 2.45) is 0 Å². The topological polar surface area (TPSA) is 18.5 Å². The van der Waals surface area contributed by atoms with Crippen LogP contribution in [0.3, 0.4) is 0 Å². The molecule has 4 heteroatoms. The first kappa shape index (κ1) is 17.5. The third-order valence-electron chi connectivity index (χ3n) is 2.80. The summed E-state index contributed by atoms with van der Waals surface area (Å²) in [5.74, 6) is 1.04. The van der Waals surface area contributed by atoms with Crippen molar-refractivity contribution in [1.82, 2.24) is 0 Å². The summed E-state index contributed by atoms with van der Waals surface area (Å²) in [5, 5.41) is 0. The van der Waals surface area contributed by atoms with Crippen molar-refractivity contribution in [2.75, 3.05) is 19.0 Å². The second-order valence-electron chi connectivity index (χ2n) is 4.33. The van der Waals surface area contributed by atoms with Gasteiger partial charge in [-0.3, -0.25) is 0 Å². The fourth-order valence-corrected chi connectivity index (χ4v) is 3.91. The third kappa shape index (κ3) is 12.7. The molecule has 0 heterocycles. The maximum Gasteiger partial charge on any atom is 0.321 e. The van der Waals surface area contributed by atoms with Gasteiger partial charge in [0.15, 0.2) is 0 Å². The summed E-state index contributed by atoms with van der Waals surface area (Å²) >= 11 is 4.22. The first-order chi connectivity index (χ1) is 8.35. The molecule has 0 atom stereocenters. The van der Waals surface area contributed by atoms with Crippen LogP contribution in [0.1, 0.15) is 58.8 Å². The molecule has 0 rings (SSSR count). The number of thiol groups is 1. The van der Waals surface area contributed by atoms with Crippen molar-refractivity contribution in [3.63, 3.8) is 0 Å². The minimum Gasteiger partial charge on any atom is -0.397 e. The molecule has 0 aliphatic rings. The quantitative estimate of drug-likeness (QED) is 0.312. The van der Waals surface area contributed by atoms with Crippen LogP contribution in [-0.2, 0) is 8.85 Å². The van der Waals surface area contributed by atoms with E-state index in [2.05, 4.69) is 26.5 Å². The van der Waals surface area contributed by atoms with Crippen molar-refractivity contribution in [3.8, 4) is 0 Å². The van der Waals surface area contributed by atoms with Gasteiger partial charge in [-0.25, -0.2) is 0 Å². The van der Waals surface area contributed by atoms with E-state index in [0.717, 1.165) is 19.0 Å². The maximum absolute atomic E-state index is 5.65. The van der Waals surface area contributed by atoms with E-state index in [0.29, 0.717) is 0 Å². The summed E-state index contributed by atoms with van der Waals surface area (Å²) in [6, 6.07) is 1.18. The van der Waals surface area contributed by atoms with Crippen molar-refractivity contribution in [3.05, 3.63) is 0 Å². The smallest absolute Gasteiger partial charge is 0.321 e. The Bertz CT molecular complexity index is 141. The molecule has 17 heavy (non-hydrogen) atoms. The minimum absolute atomic E-state index is 0.806. The molecule has 0 spiro atoms. The van der Waals surface area contributed by atoms with Crippen LogP contribution < -0.4 is 0 Å². The molecule has 0 saturated carbocycles. The third-order valence-corrected chi connectivity index (χ3v) is 5.41. The SMILES string of the molecule is CCO[SiH](CCCCCCCCCS)OCC. The Hall–Kier alpha value is 0.487. The molecule has 0 amide bonds. The van der Waals surface area contributed by atoms with Crippen LogP contribution in [0.5, 0.6) is 0 Å². The van der Waals surface area contributed by atoms with Crippen molar-refractivity contribution in [1.29, 1.82) is 0 Å². The fourth-order valence-electron chi connectivity index (χ4n) is 1.89. The second kappa shape index (κ2) is 14.5. The number of hydrogen-bond acceptors (Lipinski definition) is 3. The Kier molecular flexibility index (Phi) is 15.0. The molecule has 0 radical (unpaired) electrons. The highest BCUT2D eigenvalue weighted by atomic mass is 32.1. The summed E-state index contributed by atoms with van der Waals surface area (Å²) in [6.45, 7) is 5.72. The lowest BCUT2D eigenvalue weighted by molar-refractivity contribution is 0.212. The standard InChI is InChI=1S/C13H30O2SSi/c1-3-14-17(15-4-2)13-11-9-7-5-6-8-10-12-16/h16-17H,3-13H2,1-2H3. The van der Waals surface area contributed by atoms with Crippen LogP contribution in [0.25, 0.3) is 0 Å². The predicted octanol–water partition coefficient (Wildman–Crippen LogP) is 3.94. The lowest BCUT2D eigenvalue weighted by atomic mass is 10.1. The van der Waals surface area contributed by atoms with Crippen molar-refractivity contribution in [2.45, 2.75) is 64.8 Å². The molecule has 0 aromatic carbocycles. The van der Waals surface area contributed by atoms with Gasteiger partial charge >= 0.3 is 9.28 Å². The average molecular weight is 279 g/mol. The Morgan fingerprint density at radius 2 is 1.24 bits per heavy atom. The largest absolute Gasteiger partial charge is 0.397 e. The zero-order chi connectivity index (χ0) is 12.8. The summed E-state index contributed by atoms with van der Waals surface area (Å²) < 4.78 is 11.3. The predicted molar refractivity (Wildman–Crippen MR) is 81.4 cm³/mol. The van der Waals surface area contributed by atoms with Gasteiger partial charge in [-0.05, 0) is 32.1 Å². The summed E-state index contributed by atoms with van der Waals surface area (Å²) in [7, 11) is -1.31. The zero-order valence-electron chi connectivity index (χ0n) is 11.6. The normalized spacial score (nSPS) is 11.3. The van der Waals surface area contributed by atoms with E-state index in [1.54, 1.807) is 0 Å². The van der Waals surface area contributed by atoms with Crippen LogP contribution in [0, 0.1) is 0 Å². The van der Waals surface area contributed by atoms with Gasteiger partial charge < -0.3 is 8.85 Å². The molecule has 0 unspecified atom stereocenters. The molecule has 0 N–H and O–H groups in total. The van der Waals surface area contributed by atoms with E-state index < -0.39 is 9.28 Å². The monoisotopic (exact) mass is 278 g/mol. The first-order valence-corrected chi connectivity index (χ1v) is 9.58. The van der Waals surface area contributed by atoms with Crippen LogP contribution in [0.15, 0.2) is 0 Å². The van der Waals surface area contributed by atoms with Crippen LogP contribution in [0.2, 0.25) is 6.04 Å². The highest BCUT2D eigenvalue weighted by Gasteiger charge is 2.10. The molecule has 2 nitrogen and oxygen atoms in total. The molecule has 0 fully saturated rings. The zero-order valence-corrected chi connectivity index (χ0v) is 13.7. The maximum atomic E-state index is 5.65. The average Bonchev–Trinajstić information content (AvgIpc) is 2.33. The Balaban J connectivity index is 3.23. The fraction of sp³-hybridized carbons (Fsp3) is 1.00. The highest BCUT2D eigenvalue weighted by Crippen LogP contribution is 2.11. The minimum atomic E-state index is -1.31.